The van der Waals surface area contributed by atoms with Crippen LogP contribution in [-0.4, -0.2) is 20.0 Å². The van der Waals surface area contributed by atoms with Crippen molar-refractivity contribution in [2.45, 2.75) is 42.5 Å². The van der Waals surface area contributed by atoms with Crippen LogP contribution in [0.5, 0.6) is 11.5 Å². The molecule has 0 aromatic heterocycles. The molecule has 0 saturated heterocycles. The Kier molecular flexibility index (Phi) is 6.24. The van der Waals surface area contributed by atoms with Gasteiger partial charge in [-0.15, -0.1) is 0 Å². The standard InChI is InChI=1S/C29H30N2O3S/c1-29(2)16-24-27(25(32)17-29)28(21-10-5-6-11-26(21)34-4)31-23-15-20(12-13-22(23)30-24)35-19-9-7-8-18(14-19)33-3/h5-15,28,30-31H,16-17H2,1-4H3. The Hall–Kier alpha value is -3.38. The topological polar surface area (TPSA) is 59.6 Å². The van der Waals surface area contributed by atoms with Crippen LogP contribution in [0.3, 0.4) is 0 Å². The number of ether oxygens (including phenoxy) is 2. The lowest BCUT2D eigenvalue weighted by Crippen LogP contribution is -2.31. The quantitative estimate of drug-likeness (QED) is 0.402. The number of fused-ring (bicyclic) bond motifs is 1. The van der Waals surface area contributed by atoms with Gasteiger partial charge in [-0.25, -0.2) is 0 Å². The van der Waals surface area contributed by atoms with Crippen LogP contribution >= 0.6 is 11.8 Å². The molecule has 0 fully saturated rings. The minimum Gasteiger partial charge on any atom is -0.497 e. The molecule has 2 aliphatic rings. The number of methoxy groups -OCH3 is 2. The summed E-state index contributed by atoms with van der Waals surface area (Å²) in [5.41, 5.74) is 4.56. The van der Waals surface area contributed by atoms with Crippen LogP contribution in [0.2, 0.25) is 0 Å². The minimum atomic E-state index is -0.310. The molecule has 0 amide bonds. The molecule has 5 nitrogen and oxygen atoms in total. The maximum absolute atomic E-state index is 13.5. The molecule has 3 aromatic carbocycles. The second kappa shape index (κ2) is 9.34. The lowest BCUT2D eigenvalue weighted by atomic mass is 9.73. The van der Waals surface area contributed by atoms with Crippen LogP contribution in [0, 0.1) is 5.41 Å². The number of carbonyl (C=O) groups excluding carboxylic acids is 1. The van der Waals surface area contributed by atoms with Crippen molar-refractivity contribution in [1.82, 2.24) is 0 Å². The molecule has 1 heterocycles. The molecule has 1 aliphatic heterocycles. The summed E-state index contributed by atoms with van der Waals surface area (Å²) >= 11 is 1.67. The van der Waals surface area contributed by atoms with Crippen molar-refractivity contribution in [2.24, 2.45) is 5.41 Å². The number of hydrogen-bond acceptors (Lipinski definition) is 6. The lowest BCUT2D eigenvalue weighted by Gasteiger charge is -2.34. The van der Waals surface area contributed by atoms with Gasteiger partial charge in [0.05, 0.1) is 31.6 Å². The number of allylic oxidation sites excluding steroid dienone is 1. The highest BCUT2D eigenvalue weighted by Crippen LogP contribution is 2.47. The minimum absolute atomic E-state index is 0.0963. The highest BCUT2D eigenvalue weighted by molar-refractivity contribution is 7.99. The molecule has 1 unspecified atom stereocenters. The molecule has 35 heavy (non-hydrogen) atoms. The molecule has 0 saturated carbocycles. The van der Waals surface area contributed by atoms with E-state index in [9.17, 15) is 4.79 Å². The van der Waals surface area contributed by atoms with Crippen LogP contribution in [-0.2, 0) is 4.79 Å². The Labute approximate surface area is 210 Å². The van der Waals surface area contributed by atoms with Gasteiger partial charge in [-0.2, -0.15) is 0 Å². The largest absolute Gasteiger partial charge is 0.497 e. The fraction of sp³-hybridized carbons (Fsp3) is 0.276. The zero-order valence-corrected chi connectivity index (χ0v) is 21.3. The molecule has 5 rings (SSSR count). The Balaban J connectivity index is 1.58. The van der Waals surface area contributed by atoms with Crippen molar-refractivity contribution >= 4 is 28.9 Å². The van der Waals surface area contributed by atoms with Gasteiger partial charge in [0.15, 0.2) is 5.78 Å². The lowest BCUT2D eigenvalue weighted by molar-refractivity contribution is -0.118. The van der Waals surface area contributed by atoms with E-state index in [1.165, 1.54) is 0 Å². The highest BCUT2D eigenvalue weighted by Gasteiger charge is 2.39. The fourth-order valence-corrected chi connectivity index (χ4v) is 5.83. The number of benzene rings is 3. The van der Waals surface area contributed by atoms with Gasteiger partial charge in [-0.05, 0) is 54.3 Å². The van der Waals surface area contributed by atoms with E-state index in [4.69, 9.17) is 9.47 Å². The third-order valence-electron chi connectivity index (χ3n) is 6.51. The van der Waals surface area contributed by atoms with E-state index < -0.39 is 0 Å². The molecule has 6 heteroatoms. The number of ketones is 1. The van der Waals surface area contributed by atoms with Gasteiger partial charge >= 0.3 is 0 Å². The number of hydrogen-bond donors (Lipinski definition) is 2. The first-order valence-electron chi connectivity index (χ1n) is 11.8. The van der Waals surface area contributed by atoms with Gasteiger partial charge in [0.25, 0.3) is 0 Å². The van der Waals surface area contributed by atoms with Gasteiger partial charge in [-0.1, -0.05) is 49.9 Å². The summed E-state index contributed by atoms with van der Waals surface area (Å²) in [5, 5.41) is 7.32. The van der Waals surface area contributed by atoms with Gasteiger partial charge in [-0.3, -0.25) is 4.79 Å². The smallest absolute Gasteiger partial charge is 0.163 e. The number of rotatable bonds is 5. The van der Waals surface area contributed by atoms with Crippen molar-refractivity contribution < 1.29 is 14.3 Å². The van der Waals surface area contributed by atoms with Crippen molar-refractivity contribution in [3.63, 3.8) is 0 Å². The van der Waals surface area contributed by atoms with Gasteiger partial charge < -0.3 is 20.1 Å². The molecular formula is C29H30N2O3S. The number of nitrogens with one attached hydrogen (secondary N) is 2. The van der Waals surface area contributed by atoms with Crippen LogP contribution in [0.25, 0.3) is 0 Å². The van der Waals surface area contributed by atoms with E-state index in [2.05, 4.69) is 48.7 Å². The molecule has 1 atom stereocenters. The van der Waals surface area contributed by atoms with Gasteiger partial charge in [0.1, 0.15) is 11.5 Å². The molecule has 0 bridgehead atoms. The zero-order valence-electron chi connectivity index (χ0n) is 20.5. The van der Waals surface area contributed by atoms with Crippen LogP contribution in [0.1, 0.15) is 38.3 Å². The van der Waals surface area contributed by atoms with E-state index in [-0.39, 0.29) is 17.2 Å². The first-order valence-corrected chi connectivity index (χ1v) is 12.6. The average molecular weight is 487 g/mol. The molecule has 3 aromatic rings. The number of Topliss-reactive ketones (excluding diaryl/α,β-unsaturated/α-hetero) is 1. The summed E-state index contributed by atoms with van der Waals surface area (Å²) in [4.78, 5) is 15.7. The van der Waals surface area contributed by atoms with Crippen molar-refractivity contribution in [2.75, 3.05) is 24.9 Å². The van der Waals surface area contributed by atoms with Crippen molar-refractivity contribution in [3.05, 3.63) is 83.6 Å². The van der Waals surface area contributed by atoms with Crippen LogP contribution < -0.4 is 20.1 Å². The van der Waals surface area contributed by atoms with E-state index in [1.807, 2.05) is 42.5 Å². The third-order valence-corrected chi connectivity index (χ3v) is 7.49. The number of carbonyl (C=O) groups is 1. The first-order chi connectivity index (χ1) is 16.9. The Morgan fingerprint density at radius 1 is 0.886 bits per heavy atom. The first kappa shape index (κ1) is 23.4. The molecule has 2 N–H and O–H groups in total. The summed E-state index contributed by atoms with van der Waals surface area (Å²) in [6, 6.07) is 22.0. The predicted octanol–water partition coefficient (Wildman–Crippen LogP) is 7.08. The summed E-state index contributed by atoms with van der Waals surface area (Å²) in [6.45, 7) is 4.31. The Morgan fingerprint density at radius 3 is 2.49 bits per heavy atom. The number of anilines is 2. The molecule has 180 valence electrons. The Morgan fingerprint density at radius 2 is 1.69 bits per heavy atom. The van der Waals surface area contributed by atoms with Crippen molar-refractivity contribution in [1.29, 1.82) is 0 Å². The van der Waals surface area contributed by atoms with Crippen LogP contribution in [0.4, 0.5) is 11.4 Å². The SMILES string of the molecule is COc1cccc(Sc2ccc3c(c2)NC(c2ccccc2OC)C2=C(CC(C)(C)CC2=O)N3)c1. The van der Waals surface area contributed by atoms with E-state index in [0.29, 0.717) is 6.42 Å². The maximum atomic E-state index is 13.5. The molecule has 1 aliphatic carbocycles. The van der Waals surface area contributed by atoms with E-state index in [1.54, 1.807) is 26.0 Å². The number of para-hydroxylation sites is 1. The monoisotopic (exact) mass is 486 g/mol. The van der Waals surface area contributed by atoms with Gasteiger partial charge in [0, 0.05) is 33.0 Å². The fourth-order valence-electron chi connectivity index (χ4n) is 4.93. The van der Waals surface area contributed by atoms with E-state index in [0.717, 1.165) is 55.9 Å². The molecule has 0 spiro atoms. The van der Waals surface area contributed by atoms with E-state index >= 15 is 0 Å². The second-order valence-corrected chi connectivity index (χ2v) is 10.9. The second-order valence-electron chi connectivity index (χ2n) is 9.77. The summed E-state index contributed by atoms with van der Waals surface area (Å²) in [6.07, 6.45) is 1.33. The summed E-state index contributed by atoms with van der Waals surface area (Å²) < 4.78 is 11.1. The molecule has 0 radical (unpaired) electrons. The summed E-state index contributed by atoms with van der Waals surface area (Å²) in [7, 11) is 3.35. The van der Waals surface area contributed by atoms with Crippen LogP contribution in [0.15, 0.2) is 87.8 Å². The van der Waals surface area contributed by atoms with Crippen molar-refractivity contribution in [3.8, 4) is 11.5 Å². The third kappa shape index (κ3) is 4.76. The average Bonchev–Trinajstić information content (AvgIpc) is 2.99. The molecular weight excluding hydrogens is 456 g/mol. The predicted molar refractivity (Wildman–Crippen MR) is 142 cm³/mol. The van der Waals surface area contributed by atoms with Gasteiger partial charge in [0.2, 0.25) is 0 Å². The maximum Gasteiger partial charge on any atom is 0.163 e. The highest BCUT2D eigenvalue weighted by atomic mass is 32.2. The Bertz CT molecular complexity index is 1310. The normalized spacial score (nSPS) is 18.5. The summed E-state index contributed by atoms with van der Waals surface area (Å²) in [5.74, 6) is 1.77. The zero-order chi connectivity index (χ0) is 24.6.